The zero-order valence-electron chi connectivity index (χ0n) is 8.99. The molecule has 3 unspecified atom stereocenters. The molecule has 15 heavy (non-hydrogen) atoms. The van der Waals surface area contributed by atoms with Gasteiger partial charge in [-0.25, -0.2) is 0 Å². The zero-order valence-corrected chi connectivity index (χ0v) is 10.6. The van der Waals surface area contributed by atoms with Gasteiger partial charge in [0.25, 0.3) is 0 Å². The molecule has 1 aromatic heterocycles. The largest absolute Gasteiger partial charge is 0.327 e. The van der Waals surface area contributed by atoms with Crippen molar-refractivity contribution in [2.45, 2.75) is 32.2 Å². The highest BCUT2D eigenvalue weighted by Gasteiger charge is 2.30. The van der Waals surface area contributed by atoms with Crippen molar-refractivity contribution in [1.29, 1.82) is 0 Å². The Bertz CT molecular complexity index is 323. The van der Waals surface area contributed by atoms with Gasteiger partial charge in [0.15, 0.2) is 0 Å². The lowest BCUT2D eigenvalue weighted by Gasteiger charge is -2.17. The highest BCUT2D eigenvalue weighted by Crippen LogP contribution is 2.32. The van der Waals surface area contributed by atoms with Crippen LogP contribution in [0.15, 0.2) is 22.8 Å². The molecule has 2 nitrogen and oxygen atoms in total. The molecule has 3 atom stereocenters. The number of rotatable bonds is 2. The Morgan fingerprint density at radius 1 is 1.47 bits per heavy atom. The molecule has 3 heteroatoms. The van der Waals surface area contributed by atoms with E-state index < -0.39 is 0 Å². The van der Waals surface area contributed by atoms with Crippen LogP contribution in [0.2, 0.25) is 0 Å². The van der Waals surface area contributed by atoms with Crippen molar-refractivity contribution in [3.8, 4) is 0 Å². The molecule has 2 N–H and O–H groups in total. The van der Waals surface area contributed by atoms with E-state index in [1.165, 1.54) is 18.5 Å². The SMILES string of the molecule is CC1C(N)CCC1Cc1ccc(Br)cn1. The van der Waals surface area contributed by atoms with Gasteiger partial charge in [0.2, 0.25) is 0 Å². The third kappa shape index (κ3) is 2.58. The van der Waals surface area contributed by atoms with Crippen molar-refractivity contribution >= 4 is 15.9 Å². The van der Waals surface area contributed by atoms with E-state index in [1.807, 2.05) is 6.20 Å². The van der Waals surface area contributed by atoms with Crippen LogP contribution in [-0.4, -0.2) is 11.0 Å². The van der Waals surface area contributed by atoms with E-state index >= 15 is 0 Å². The van der Waals surface area contributed by atoms with Crippen molar-refractivity contribution in [3.63, 3.8) is 0 Å². The van der Waals surface area contributed by atoms with Crippen LogP contribution in [0.1, 0.15) is 25.5 Å². The predicted molar refractivity (Wildman–Crippen MR) is 65.5 cm³/mol. The molecule has 1 fully saturated rings. The maximum Gasteiger partial charge on any atom is 0.0413 e. The molecule has 1 saturated carbocycles. The van der Waals surface area contributed by atoms with Crippen molar-refractivity contribution in [2.24, 2.45) is 17.6 Å². The van der Waals surface area contributed by atoms with Crippen LogP contribution >= 0.6 is 15.9 Å². The van der Waals surface area contributed by atoms with E-state index in [9.17, 15) is 0 Å². The summed E-state index contributed by atoms with van der Waals surface area (Å²) in [5, 5.41) is 0. The molecule has 82 valence electrons. The van der Waals surface area contributed by atoms with Gasteiger partial charge in [-0.2, -0.15) is 0 Å². The maximum absolute atomic E-state index is 6.02. The van der Waals surface area contributed by atoms with Gasteiger partial charge in [-0.15, -0.1) is 0 Å². The highest BCUT2D eigenvalue weighted by molar-refractivity contribution is 9.10. The monoisotopic (exact) mass is 268 g/mol. The summed E-state index contributed by atoms with van der Waals surface area (Å²) in [6.07, 6.45) is 5.36. The fraction of sp³-hybridized carbons (Fsp3) is 0.583. The molecule has 0 spiro atoms. The van der Waals surface area contributed by atoms with Crippen LogP contribution in [0.3, 0.4) is 0 Å². The number of hydrogen-bond donors (Lipinski definition) is 1. The van der Waals surface area contributed by atoms with Gasteiger partial charge < -0.3 is 5.73 Å². The molecule has 0 radical (unpaired) electrons. The van der Waals surface area contributed by atoms with Gasteiger partial charge >= 0.3 is 0 Å². The Hall–Kier alpha value is -0.410. The fourth-order valence-corrected chi connectivity index (χ4v) is 2.60. The van der Waals surface area contributed by atoms with E-state index in [2.05, 4.69) is 40.0 Å². The van der Waals surface area contributed by atoms with E-state index in [4.69, 9.17) is 5.73 Å². The highest BCUT2D eigenvalue weighted by atomic mass is 79.9. The molecule has 0 bridgehead atoms. The average Bonchev–Trinajstić information content (AvgIpc) is 2.53. The molecule has 1 aliphatic rings. The minimum absolute atomic E-state index is 0.394. The van der Waals surface area contributed by atoms with Crippen LogP contribution in [0, 0.1) is 11.8 Å². The first-order valence-corrected chi connectivity index (χ1v) is 6.32. The Labute approximate surface area is 99.4 Å². The van der Waals surface area contributed by atoms with Crippen molar-refractivity contribution in [3.05, 3.63) is 28.5 Å². The Morgan fingerprint density at radius 2 is 2.27 bits per heavy atom. The van der Waals surface area contributed by atoms with Crippen molar-refractivity contribution < 1.29 is 0 Å². The summed E-state index contributed by atoms with van der Waals surface area (Å²) in [4.78, 5) is 4.41. The maximum atomic E-state index is 6.02. The third-order valence-electron chi connectivity index (χ3n) is 3.55. The Balaban J connectivity index is 2.00. The quantitative estimate of drug-likeness (QED) is 0.896. The first-order valence-electron chi connectivity index (χ1n) is 5.53. The van der Waals surface area contributed by atoms with Crippen LogP contribution in [0.4, 0.5) is 0 Å². The fourth-order valence-electron chi connectivity index (χ4n) is 2.37. The van der Waals surface area contributed by atoms with Gasteiger partial charge in [-0.1, -0.05) is 6.92 Å². The minimum Gasteiger partial charge on any atom is -0.327 e. The lowest BCUT2D eigenvalue weighted by atomic mass is 9.91. The van der Waals surface area contributed by atoms with E-state index in [0.29, 0.717) is 17.9 Å². The molecular weight excluding hydrogens is 252 g/mol. The first-order chi connectivity index (χ1) is 7.16. The van der Waals surface area contributed by atoms with Crippen LogP contribution < -0.4 is 5.73 Å². The molecule has 0 aromatic carbocycles. The zero-order chi connectivity index (χ0) is 10.8. The van der Waals surface area contributed by atoms with Gasteiger partial charge in [0.1, 0.15) is 0 Å². The molecule has 0 amide bonds. The summed E-state index contributed by atoms with van der Waals surface area (Å²) in [6.45, 7) is 2.27. The molecule has 0 saturated heterocycles. The van der Waals surface area contributed by atoms with Crippen LogP contribution in [-0.2, 0) is 6.42 Å². The standard InChI is InChI=1S/C12H17BrN2/c1-8-9(2-5-12(8)14)6-11-4-3-10(13)7-15-11/h3-4,7-9,12H,2,5-6,14H2,1H3. The average molecular weight is 269 g/mol. The van der Waals surface area contributed by atoms with Crippen molar-refractivity contribution in [1.82, 2.24) is 4.98 Å². The summed E-state index contributed by atoms with van der Waals surface area (Å²) in [5.74, 6) is 1.35. The third-order valence-corrected chi connectivity index (χ3v) is 4.02. The summed E-state index contributed by atoms with van der Waals surface area (Å²) in [6, 6.07) is 4.55. The van der Waals surface area contributed by atoms with Gasteiger partial charge in [0.05, 0.1) is 0 Å². The summed E-state index contributed by atoms with van der Waals surface area (Å²) >= 11 is 3.40. The van der Waals surface area contributed by atoms with E-state index in [-0.39, 0.29) is 0 Å². The summed E-state index contributed by atoms with van der Waals surface area (Å²) in [5.41, 5.74) is 7.20. The molecule has 1 heterocycles. The number of aromatic nitrogens is 1. The number of nitrogens with two attached hydrogens (primary N) is 1. The molecule has 1 aliphatic carbocycles. The van der Waals surface area contributed by atoms with E-state index in [0.717, 1.165) is 10.9 Å². The number of hydrogen-bond acceptors (Lipinski definition) is 2. The van der Waals surface area contributed by atoms with Gasteiger partial charge in [-0.05, 0) is 59.2 Å². The summed E-state index contributed by atoms with van der Waals surface area (Å²) in [7, 11) is 0. The number of halogens is 1. The first kappa shape index (κ1) is 11.1. The second kappa shape index (κ2) is 4.62. The molecular formula is C12H17BrN2. The second-order valence-electron chi connectivity index (χ2n) is 4.53. The van der Waals surface area contributed by atoms with Gasteiger partial charge in [-0.3, -0.25) is 4.98 Å². The lowest BCUT2D eigenvalue weighted by molar-refractivity contribution is 0.387. The minimum atomic E-state index is 0.394. The van der Waals surface area contributed by atoms with E-state index in [1.54, 1.807) is 0 Å². The second-order valence-corrected chi connectivity index (χ2v) is 5.45. The lowest BCUT2D eigenvalue weighted by Crippen LogP contribution is -2.25. The van der Waals surface area contributed by atoms with Crippen LogP contribution in [0.5, 0.6) is 0 Å². The topological polar surface area (TPSA) is 38.9 Å². The Morgan fingerprint density at radius 3 is 2.80 bits per heavy atom. The van der Waals surface area contributed by atoms with Gasteiger partial charge in [0, 0.05) is 22.4 Å². The molecule has 0 aliphatic heterocycles. The number of pyridine rings is 1. The molecule has 1 aromatic rings. The predicted octanol–water partition coefficient (Wildman–Crippen LogP) is 2.76. The summed E-state index contributed by atoms with van der Waals surface area (Å²) < 4.78 is 1.04. The van der Waals surface area contributed by atoms with Crippen molar-refractivity contribution in [2.75, 3.05) is 0 Å². The normalized spacial score (nSPS) is 30.7. The smallest absolute Gasteiger partial charge is 0.0413 e. The number of nitrogens with zero attached hydrogens (tertiary/aromatic N) is 1. The van der Waals surface area contributed by atoms with Crippen LogP contribution in [0.25, 0.3) is 0 Å². The Kier molecular flexibility index (Phi) is 3.42. The molecule has 2 rings (SSSR count).